The number of benzene rings is 1. The van der Waals surface area contributed by atoms with Crippen LogP contribution in [0.5, 0.6) is 5.75 Å². The van der Waals surface area contributed by atoms with E-state index in [1.807, 2.05) is 0 Å². The molecule has 0 radical (unpaired) electrons. The third-order valence-corrected chi connectivity index (χ3v) is 1.85. The van der Waals surface area contributed by atoms with Crippen molar-refractivity contribution in [3.8, 4) is 5.75 Å². The number of aromatic hydroxyl groups is 1. The van der Waals surface area contributed by atoms with Gasteiger partial charge in [-0.1, -0.05) is 0 Å². The molecule has 0 bridgehead atoms. The van der Waals surface area contributed by atoms with E-state index in [0.717, 1.165) is 6.07 Å². The molecule has 1 aliphatic rings. The maximum atomic E-state index is 11.1. The summed E-state index contributed by atoms with van der Waals surface area (Å²) in [6, 6.07) is 3.72. The molecule has 13 heavy (non-hydrogen) atoms. The Morgan fingerprint density at radius 2 is 1.69 bits per heavy atom. The number of phenols is 1. The number of hydrogen-bond acceptors (Lipinski definition) is 4. The van der Waals surface area contributed by atoms with Crippen LogP contribution in [0.1, 0.15) is 20.7 Å². The zero-order valence-corrected chi connectivity index (χ0v) is 6.39. The normalized spacial score (nSPS) is 15.0. The second-order valence-corrected chi connectivity index (χ2v) is 2.65. The van der Waals surface area contributed by atoms with E-state index in [4.69, 9.17) is 10.3 Å². The highest BCUT2D eigenvalue weighted by molar-refractivity contribution is 6.20. The fourth-order valence-corrected chi connectivity index (χ4v) is 1.22. The summed E-state index contributed by atoms with van der Waals surface area (Å²) in [5.74, 6) is -1.69. The molecule has 0 aliphatic carbocycles. The lowest BCUT2D eigenvalue weighted by Gasteiger charge is -1.99. The van der Waals surface area contributed by atoms with Crippen LogP contribution in [0.4, 0.5) is 0 Å². The summed E-state index contributed by atoms with van der Waals surface area (Å²) >= 11 is 0. The van der Waals surface area contributed by atoms with Gasteiger partial charge in [-0.3, -0.25) is 14.8 Å². The van der Waals surface area contributed by atoms with E-state index < -0.39 is 11.8 Å². The number of carbonyl (C=O) groups is 2. The fourth-order valence-electron chi connectivity index (χ4n) is 1.22. The van der Waals surface area contributed by atoms with E-state index >= 15 is 0 Å². The van der Waals surface area contributed by atoms with Crippen LogP contribution in [0.3, 0.4) is 0 Å². The number of amides is 2. The maximum absolute atomic E-state index is 11.1. The van der Waals surface area contributed by atoms with Gasteiger partial charge in [0.2, 0.25) is 0 Å². The fraction of sp³-hybridized carbons (Fsp3) is 0. The molecular formula is C8H5NO4. The van der Waals surface area contributed by atoms with Gasteiger partial charge in [-0.2, -0.15) is 0 Å². The van der Waals surface area contributed by atoms with Crippen LogP contribution in [0.15, 0.2) is 18.2 Å². The number of fused-ring (bicyclic) bond motifs is 1. The van der Waals surface area contributed by atoms with E-state index in [2.05, 4.69) is 0 Å². The highest BCUT2D eigenvalue weighted by Crippen LogP contribution is 2.24. The highest BCUT2D eigenvalue weighted by atomic mass is 16.5. The number of carbonyl (C=O) groups excluding carboxylic acids is 2. The predicted octanol–water partition coefficient (Wildman–Crippen LogP) is 0.377. The first-order chi connectivity index (χ1) is 6.11. The highest BCUT2D eigenvalue weighted by Gasteiger charge is 2.34. The Kier molecular flexibility index (Phi) is 1.37. The van der Waals surface area contributed by atoms with Crippen molar-refractivity contribution in [2.45, 2.75) is 0 Å². The standard InChI is InChI=1S/C8H5NO4/c10-4-1-2-5-6(3-4)8(12)9(13)7(5)11/h1-3,10,13H. The van der Waals surface area contributed by atoms with Crippen molar-refractivity contribution in [2.24, 2.45) is 0 Å². The van der Waals surface area contributed by atoms with Crippen molar-refractivity contribution in [3.05, 3.63) is 29.3 Å². The first-order valence-corrected chi connectivity index (χ1v) is 3.52. The van der Waals surface area contributed by atoms with Gasteiger partial charge >= 0.3 is 0 Å². The van der Waals surface area contributed by atoms with Crippen molar-refractivity contribution in [2.75, 3.05) is 0 Å². The minimum atomic E-state index is -0.809. The second-order valence-electron chi connectivity index (χ2n) is 2.65. The van der Waals surface area contributed by atoms with Gasteiger partial charge in [-0.25, -0.2) is 0 Å². The molecule has 0 fully saturated rings. The summed E-state index contributed by atoms with van der Waals surface area (Å²) in [4.78, 5) is 22.2. The van der Waals surface area contributed by atoms with Gasteiger partial charge in [0.15, 0.2) is 0 Å². The van der Waals surface area contributed by atoms with Gasteiger partial charge in [0.25, 0.3) is 11.8 Å². The first kappa shape index (κ1) is 7.75. The lowest BCUT2D eigenvalue weighted by molar-refractivity contribution is -0.0327. The van der Waals surface area contributed by atoms with Crippen molar-refractivity contribution in [1.29, 1.82) is 0 Å². The number of nitrogens with zero attached hydrogens (tertiary/aromatic N) is 1. The number of rotatable bonds is 0. The topological polar surface area (TPSA) is 77.8 Å². The van der Waals surface area contributed by atoms with Gasteiger partial charge in [0, 0.05) is 0 Å². The summed E-state index contributed by atoms with van der Waals surface area (Å²) in [6.45, 7) is 0. The average Bonchev–Trinajstić information content (AvgIpc) is 2.32. The van der Waals surface area contributed by atoms with E-state index in [9.17, 15) is 9.59 Å². The minimum Gasteiger partial charge on any atom is -0.508 e. The molecule has 2 rings (SSSR count). The number of imide groups is 1. The number of hydroxylamine groups is 2. The van der Waals surface area contributed by atoms with Crippen LogP contribution in [0.2, 0.25) is 0 Å². The quantitative estimate of drug-likeness (QED) is 0.445. The van der Waals surface area contributed by atoms with Gasteiger partial charge in [-0.05, 0) is 18.2 Å². The predicted molar refractivity (Wildman–Crippen MR) is 40.4 cm³/mol. The molecule has 0 atom stereocenters. The van der Waals surface area contributed by atoms with Gasteiger partial charge < -0.3 is 5.11 Å². The van der Waals surface area contributed by atoms with Crippen LogP contribution in [0.25, 0.3) is 0 Å². The summed E-state index contributed by atoms with van der Waals surface area (Å²) in [7, 11) is 0. The largest absolute Gasteiger partial charge is 0.508 e. The van der Waals surface area contributed by atoms with Crippen molar-refractivity contribution < 1.29 is 19.9 Å². The van der Waals surface area contributed by atoms with Crippen LogP contribution in [-0.2, 0) is 0 Å². The van der Waals surface area contributed by atoms with Crippen molar-refractivity contribution in [3.63, 3.8) is 0 Å². The Labute approximate surface area is 72.8 Å². The third kappa shape index (κ3) is 0.907. The molecule has 0 spiro atoms. The Bertz CT molecular complexity index is 413. The molecule has 66 valence electrons. The molecule has 1 aliphatic heterocycles. The number of hydrogen-bond donors (Lipinski definition) is 2. The molecule has 0 saturated heterocycles. The summed E-state index contributed by atoms with van der Waals surface area (Å²) in [6.07, 6.45) is 0. The molecule has 5 heteroatoms. The van der Waals surface area contributed by atoms with Crippen LogP contribution >= 0.6 is 0 Å². The molecule has 2 amide bonds. The zero-order valence-electron chi connectivity index (χ0n) is 6.39. The van der Waals surface area contributed by atoms with Gasteiger partial charge in [0.1, 0.15) is 5.75 Å². The van der Waals surface area contributed by atoms with Crippen molar-refractivity contribution in [1.82, 2.24) is 5.06 Å². The second kappa shape index (κ2) is 2.30. The lowest BCUT2D eigenvalue weighted by atomic mass is 10.1. The van der Waals surface area contributed by atoms with Gasteiger partial charge in [-0.15, -0.1) is 5.06 Å². The molecule has 5 nitrogen and oxygen atoms in total. The van der Waals surface area contributed by atoms with E-state index in [0.29, 0.717) is 0 Å². The molecule has 1 aromatic rings. The molecule has 1 heterocycles. The summed E-state index contributed by atoms with van der Waals surface area (Å²) in [5, 5.41) is 18.0. The Morgan fingerprint density at radius 3 is 2.38 bits per heavy atom. The summed E-state index contributed by atoms with van der Waals surface area (Å²) in [5.41, 5.74) is 0.123. The van der Waals surface area contributed by atoms with Crippen LogP contribution in [0, 0.1) is 0 Å². The molecule has 0 saturated carbocycles. The average molecular weight is 179 g/mol. The smallest absolute Gasteiger partial charge is 0.285 e. The van der Waals surface area contributed by atoms with E-state index in [-0.39, 0.29) is 21.9 Å². The Hall–Kier alpha value is -1.88. The third-order valence-electron chi connectivity index (χ3n) is 1.85. The molecular weight excluding hydrogens is 174 g/mol. The molecule has 2 N–H and O–H groups in total. The van der Waals surface area contributed by atoms with Crippen LogP contribution in [-0.4, -0.2) is 27.2 Å². The van der Waals surface area contributed by atoms with Crippen molar-refractivity contribution >= 4 is 11.8 Å². The molecule has 0 aromatic heterocycles. The van der Waals surface area contributed by atoms with Crippen LogP contribution < -0.4 is 0 Å². The van der Waals surface area contributed by atoms with E-state index in [1.54, 1.807) is 0 Å². The number of phenolic OH excluding ortho intramolecular Hbond substituents is 1. The maximum Gasteiger partial charge on any atom is 0.285 e. The summed E-state index contributed by atoms with van der Waals surface area (Å²) < 4.78 is 0. The lowest BCUT2D eigenvalue weighted by Crippen LogP contribution is -2.25. The molecule has 0 unspecified atom stereocenters. The first-order valence-electron chi connectivity index (χ1n) is 3.52. The Balaban J connectivity index is 2.67. The van der Waals surface area contributed by atoms with E-state index in [1.165, 1.54) is 12.1 Å². The molecule has 1 aromatic carbocycles. The SMILES string of the molecule is O=C1c2ccc(O)cc2C(=O)N1O. The Morgan fingerprint density at radius 1 is 1.08 bits per heavy atom. The minimum absolute atomic E-state index is 0.0208. The van der Waals surface area contributed by atoms with Gasteiger partial charge in [0.05, 0.1) is 11.1 Å². The zero-order chi connectivity index (χ0) is 9.59. The monoisotopic (exact) mass is 179 g/mol.